The summed E-state index contributed by atoms with van der Waals surface area (Å²) in [6, 6.07) is 3.10. The van der Waals surface area contributed by atoms with E-state index in [0.29, 0.717) is 0 Å². The number of carboxylic acid groups (broad SMARTS) is 1. The van der Waals surface area contributed by atoms with Crippen LogP contribution in [-0.2, 0) is 4.79 Å². The molecule has 4 nitrogen and oxygen atoms in total. The Morgan fingerprint density at radius 1 is 1.20 bits per heavy atom. The smallest absolute Gasteiger partial charge is 0.325 e. The number of hydrogen-bond acceptors (Lipinski definition) is 3. The molecule has 1 saturated carbocycles. The number of phenols is 1. The van der Waals surface area contributed by atoms with Crippen LogP contribution in [0, 0.1) is 13.8 Å². The predicted octanol–water partition coefficient (Wildman–Crippen LogP) is 3.06. The van der Waals surface area contributed by atoms with Gasteiger partial charge in [0.15, 0.2) is 0 Å². The largest absolute Gasteiger partial charge is 0.507 e. The first-order chi connectivity index (χ1) is 9.49. The number of aromatic hydroxyl groups is 1. The highest BCUT2D eigenvalue weighted by Crippen LogP contribution is 2.28. The lowest BCUT2D eigenvalue weighted by molar-refractivity contribution is -0.140. The van der Waals surface area contributed by atoms with Gasteiger partial charge in [-0.25, -0.2) is 0 Å². The van der Waals surface area contributed by atoms with E-state index in [-0.39, 0.29) is 11.8 Å². The number of phenolic OH excluding ortho intramolecular Hbond substituents is 1. The summed E-state index contributed by atoms with van der Waals surface area (Å²) in [5, 5.41) is 22.6. The summed E-state index contributed by atoms with van der Waals surface area (Å²) < 4.78 is 0. The SMILES string of the molecule is Cc1cc(C(NC2CCCCC2)C(=O)O)cc(C)c1O. The fourth-order valence-corrected chi connectivity index (χ4v) is 2.97. The highest BCUT2D eigenvalue weighted by atomic mass is 16.4. The van der Waals surface area contributed by atoms with Crippen LogP contribution in [0.2, 0.25) is 0 Å². The van der Waals surface area contributed by atoms with E-state index >= 15 is 0 Å². The maximum absolute atomic E-state index is 11.6. The molecule has 0 spiro atoms. The number of nitrogens with one attached hydrogen (secondary N) is 1. The highest BCUT2D eigenvalue weighted by Gasteiger charge is 2.25. The third kappa shape index (κ3) is 3.31. The van der Waals surface area contributed by atoms with Gasteiger partial charge in [0, 0.05) is 6.04 Å². The monoisotopic (exact) mass is 277 g/mol. The van der Waals surface area contributed by atoms with Crippen LogP contribution >= 0.6 is 0 Å². The summed E-state index contributed by atoms with van der Waals surface area (Å²) in [7, 11) is 0. The Morgan fingerprint density at radius 3 is 2.25 bits per heavy atom. The van der Waals surface area contributed by atoms with Gasteiger partial charge < -0.3 is 10.2 Å². The first kappa shape index (κ1) is 14.9. The standard InChI is InChI=1S/C16H23NO3/c1-10-8-12(9-11(2)15(10)18)14(16(19)20)17-13-6-4-3-5-7-13/h8-9,13-14,17-18H,3-7H2,1-2H3,(H,19,20). The van der Waals surface area contributed by atoms with E-state index in [0.717, 1.165) is 42.4 Å². The molecule has 0 radical (unpaired) electrons. The van der Waals surface area contributed by atoms with Crippen molar-refractivity contribution in [2.45, 2.75) is 58.0 Å². The number of aryl methyl sites for hydroxylation is 2. The molecule has 1 fully saturated rings. The molecule has 1 unspecified atom stereocenters. The number of benzene rings is 1. The first-order valence-corrected chi connectivity index (χ1v) is 7.28. The third-order valence-corrected chi connectivity index (χ3v) is 4.10. The first-order valence-electron chi connectivity index (χ1n) is 7.28. The molecule has 3 N–H and O–H groups in total. The number of carboxylic acids is 1. The van der Waals surface area contributed by atoms with Crippen LogP contribution in [0.15, 0.2) is 12.1 Å². The van der Waals surface area contributed by atoms with Crippen molar-refractivity contribution in [2.75, 3.05) is 0 Å². The van der Waals surface area contributed by atoms with Crippen LogP contribution in [0.3, 0.4) is 0 Å². The number of hydrogen-bond donors (Lipinski definition) is 3. The van der Waals surface area contributed by atoms with E-state index in [2.05, 4.69) is 5.32 Å². The van der Waals surface area contributed by atoms with Crippen molar-refractivity contribution in [1.29, 1.82) is 0 Å². The summed E-state index contributed by atoms with van der Waals surface area (Å²) in [4.78, 5) is 11.6. The second kappa shape index (κ2) is 6.27. The number of carbonyl (C=O) groups is 1. The molecule has 0 aromatic heterocycles. The Hall–Kier alpha value is -1.55. The van der Waals surface area contributed by atoms with E-state index in [9.17, 15) is 15.0 Å². The lowest BCUT2D eigenvalue weighted by Crippen LogP contribution is -2.38. The van der Waals surface area contributed by atoms with Crippen LogP contribution in [0.5, 0.6) is 5.75 Å². The quantitative estimate of drug-likeness (QED) is 0.791. The Kier molecular flexibility index (Phi) is 4.65. The summed E-state index contributed by atoms with van der Waals surface area (Å²) in [5.74, 6) is -0.615. The average molecular weight is 277 g/mol. The molecule has 20 heavy (non-hydrogen) atoms. The van der Waals surface area contributed by atoms with Gasteiger partial charge in [0.05, 0.1) is 0 Å². The maximum atomic E-state index is 11.6. The van der Waals surface area contributed by atoms with Crippen LogP contribution in [-0.4, -0.2) is 22.2 Å². The van der Waals surface area contributed by atoms with Gasteiger partial charge in [0.2, 0.25) is 0 Å². The topological polar surface area (TPSA) is 69.6 Å². The van der Waals surface area contributed by atoms with Gasteiger partial charge in [0.25, 0.3) is 0 Å². The van der Waals surface area contributed by atoms with Gasteiger partial charge >= 0.3 is 5.97 Å². The van der Waals surface area contributed by atoms with Gasteiger partial charge in [-0.05, 0) is 43.4 Å². The van der Waals surface area contributed by atoms with Crippen molar-refractivity contribution in [3.05, 3.63) is 28.8 Å². The Balaban J connectivity index is 2.21. The fourth-order valence-electron chi connectivity index (χ4n) is 2.97. The van der Waals surface area contributed by atoms with E-state index in [1.165, 1.54) is 6.42 Å². The highest BCUT2D eigenvalue weighted by molar-refractivity contribution is 5.76. The molecule has 0 aliphatic heterocycles. The lowest BCUT2D eigenvalue weighted by atomic mass is 9.93. The Morgan fingerprint density at radius 2 is 1.75 bits per heavy atom. The molecule has 0 saturated heterocycles. The molecule has 1 aliphatic carbocycles. The number of rotatable bonds is 4. The van der Waals surface area contributed by atoms with E-state index in [1.54, 1.807) is 26.0 Å². The maximum Gasteiger partial charge on any atom is 0.325 e. The van der Waals surface area contributed by atoms with Crippen molar-refractivity contribution in [1.82, 2.24) is 5.32 Å². The minimum atomic E-state index is -0.861. The molecule has 0 heterocycles. The van der Waals surface area contributed by atoms with E-state index in [4.69, 9.17) is 0 Å². The summed E-state index contributed by atoms with van der Waals surface area (Å²) in [6.07, 6.45) is 5.66. The zero-order valence-corrected chi connectivity index (χ0v) is 12.1. The zero-order valence-electron chi connectivity index (χ0n) is 12.1. The molecule has 0 bridgehead atoms. The van der Waals surface area contributed by atoms with Gasteiger partial charge in [-0.1, -0.05) is 31.4 Å². The van der Waals surface area contributed by atoms with Crippen LogP contribution < -0.4 is 5.32 Å². The minimum absolute atomic E-state index is 0.246. The van der Waals surface area contributed by atoms with Crippen molar-refractivity contribution >= 4 is 5.97 Å². The lowest BCUT2D eigenvalue weighted by Gasteiger charge is -2.27. The predicted molar refractivity (Wildman–Crippen MR) is 78.0 cm³/mol. The van der Waals surface area contributed by atoms with Gasteiger partial charge in [0.1, 0.15) is 11.8 Å². The fraction of sp³-hybridized carbons (Fsp3) is 0.562. The van der Waals surface area contributed by atoms with Crippen molar-refractivity contribution < 1.29 is 15.0 Å². The van der Waals surface area contributed by atoms with Crippen LogP contribution in [0.1, 0.15) is 54.8 Å². The molecule has 1 aliphatic rings. The molecule has 1 aromatic rings. The molecule has 1 aromatic carbocycles. The van der Waals surface area contributed by atoms with Crippen molar-refractivity contribution in [3.63, 3.8) is 0 Å². The van der Waals surface area contributed by atoms with E-state index < -0.39 is 12.0 Å². The molecular formula is C16H23NO3. The van der Waals surface area contributed by atoms with Crippen LogP contribution in [0.4, 0.5) is 0 Å². The van der Waals surface area contributed by atoms with Gasteiger partial charge in [-0.3, -0.25) is 10.1 Å². The Bertz CT molecular complexity index is 469. The molecule has 110 valence electrons. The normalized spacial score (nSPS) is 17.9. The van der Waals surface area contributed by atoms with Gasteiger partial charge in [-0.2, -0.15) is 0 Å². The molecule has 0 amide bonds. The third-order valence-electron chi connectivity index (χ3n) is 4.10. The number of aliphatic carboxylic acids is 1. The van der Waals surface area contributed by atoms with Crippen molar-refractivity contribution in [3.8, 4) is 5.75 Å². The second-order valence-corrected chi connectivity index (χ2v) is 5.78. The average Bonchev–Trinajstić information content (AvgIpc) is 2.42. The molecule has 4 heteroatoms. The minimum Gasteiger partial charge on any atom is -0.507 e. The van der Waals surface area contributed by atoms with Crippen LogP contribution in [0.25, 0.3) is 0 Å². The van der Waals surface area contributed by atoms with Gasteiger partial charge in [-0.15, -0.1) is 0 Å². The Labute approximate surface area is 119 Å². The molecule has 2 rings (SSSR count). The summed E-state index contributed by atoms with van der Waals surface area (Å²) in [5.41, 5.74) is 2.16. The molecule has 1 atom stereocenters. The zero-order chi connectivity index (χ0) is 14.7. The summed E-state index contributed by atoms with van der Waals surface area (Å²) >= 11 is 0. The molecular weight excluding hydrogens is 254 g/mol. The summed E-state index contributed by atoms with van der Waals surface area (Å²) in [6.45, 7) is 3.59. The van der Waals surface area contributed by atoms with Crippen molar-refractivity contribution in [2.24, 2.45) is 0 Å². The van der Waals surface area contributed by atoms with E-state index in [1.807, 2.05) is 0 Å². The second-order valence-electron chi connectivity index (χ2n) is 5.78.